The van der Waals surface area contributed by atoms with E-state index in [4.69, 9.17) is 6.42 Å². The zero-order valence-electron chi connectivity index (χ0n) is 8.56. The summed E-state index contributed by atoms with van der Waals surface area (Å²) in [7, 11) is 0. The molecule has 2 nitrogen and oxygen atoms in total. The summed E-state index contributed by atoms with van der Waals surface area (Å²) in [5.74, 6) is 2.59. The fraction of sp³-hybridized carbons (Fsp3) is 0.818. The van der Waals surface area contributed by atoms with Gasteiger partial charge in [0.15, 0.2) is 0 Å². The van der Waals surface area contributed by atoms with E-state index in [0.29, 0.717) is 0 Å². The Bertz CT molecular complexity index is 217. The van der Waals surface area contributed by atoms with Gasteiger partial charge in [0.1, 0.15) is 0 Å². The third-order valence-electron chi connectivity index (χ3n) is 3.31. The average molecular weight is 181 g/mol. The second kappa shape index (κ2) is 3.69. The molecular formula is C11H19NO. The zero-order chi connectivity index (χ0) is 9.95. The van der Waals surface area contributed by atoms with Crippen LogP contribution in [0.3, 0.4) is 0 Å². The van der Waals surface area contributed by atoms with E-state index in [9.17, 15) is 5.11 Å². The van der Waals surface area contributed by atoms with Crippen LogP contribution in [-0.4, -0.2) is 22.8 Å². The SMILES string of the molecule is C#CCCNC1(C)CCCC1(C)O. The maximum absolute atomic E-state index is 10.1. The Labute approximate surface area is 80.7 Å². The Hall–Kier alpha value is -0.520. The van der Waals surface area contributed by atoms with Crippen LogP contribution in [0.15, 0.2) is 0 Å². The maximum Gasteiger partial charge on any atom is 0.0797 e. The standard InChI is InChI=1S/C11H19NO/c1-4-5-9-12-10(2)7-6-8-11(10,3)13/h1,12-13H,5-9H2,2-3H3. The van der Waals surface area contributed by atoms with Gasteiger partial charge in [0.05, 0.1) is 5.60 Å². The molecule has 74 valence electrons. The molecule has 1 fully saturated rings. The second-order valence-corrected chi connectivity index (χ2v) is 4.34. The molecule has 1 aliphatic rings. The molecule has 0 amide bonds. The Kier molecular flexibility index (Phi) is 3.00. The summed E-state index contributed by atoms with van der Waals surface area (Å²) in [5, 5.41) is 13.5. The third kappa shape index (κ3) is 2.04. The summed E-state index contributed by atoms with van der Waals surface area (Å²) in [6, 6.07) is 0. The Balaban J connectivity index is 2.50. The molecule has 1 saturated carbocycles. The van der Waals surface area contributed by atoms with Crippen molar-refractivity contribution in [1.29, 1.82) is 0 Å². The normalized spacial score (nSPS) is 38.9. The van der Waals surface area contributed by atoms with Crippen LogP contribution in [-0.2, 0) is 0 Å². The lowest BCUT2D eigenvalue weighted by Crippen LogP contribution is -2.56. The first-order chi connectivity index (χ1) is 6.02. The van der Waals surface area contributed by atoms with Gasteiger partial charge in [-0.15, -0.1) is 12.3 Å². The zero-order valence-corrected chi connectivity index (χ0v) is 8.56. The van der Waals surface area contributed by atoms with Crippen LogP contribution in [0.1, 0.15) is 39.5 Å². The maximum atomic E-state index is 10.1. The van der Waals surface area contributed by atoms with Crippen LogP contribution < -0.4 is 5.32 Å². The summed E-state index contributed by atoms with van der Waals surface area (Å²) in [5.41, 5.74) is -0.731. The fourth-order valence-corrected chi connectivity index (χ4v) is 2.02. The van der Waals surface area contributed by atoms with Gasteiger partial charge in [0.2, 0.25) is 0 Å². The van der Waals surface area contributed by atoms with E-state index < -0.39 is 5.60 Å². The van der Waals surface area contributed by atoms with Crippen molar-refractivity contribution in [2.75, 3.05) is 6.54 Å². The van der Waals surface area contributed by atoms with Crippen LogP contribution in [0.5, 0.6) is 0 Å². The Morgan fingerprint density at radius 3 is 2.62 bits per heavy atom. The highest BCUT2D eigenvalue weighted by Crippen LogP contribution is 2.38. The van der Waals surface area contributed by atoms with Crippen molar-refractivity contribution in [3.8, 4) is 12.3 Å². The molecule has 0 radical (unpaired) electrons. The van der Waals surface area contributed by atoms with Crippen LogP contribution in [0.4, 0.5) is 0 Å². The second-order valence-electron chi connectivity index (χ2n) is 4.34. The molecule has 13 heavy (non-hydrogen) atoms. The minimum Gasteiger partial charge on any atom is -0.388 e. The van der Waals surface area contributed by atoms with Gasteiger partial charge in [-0.1, -0.05) is 0 Å². The summed E-state index contributed by atoms with van der Waals surface area (Å²) in [4.78, 5) is 0. The quantitative estimate of drug-likeness (QED) is 0.508. The summed E-state index contributed by atoms with van der Waals surface area (Å²) in [6.07, 6.45) is 8.90. The predicted molar refractivity (Wildman–Crippen MR) is 54.3 cm³/mol. The monoisotopic (exact) mass is 181 g/mol. The number of aliphatic hydroxyl groups is 1. The first-order valence-corrected chi connectivity index (χ1v) is 4.93. The molecule has 2 N–H and O–H groups in total. The van der Waals surface area contributed by atoms with Gasteiger partial charge in [-0.2, -0.15) is 0 Å². The van der Waals surface area contributed by atoms with Crippen molar-refractivity contribution < 1.29 is 5.11 Å². The van der Waals surface area contributed by atoms with Gasteiger partial charge in [-0.25, -0.2) is 0 Å². The van der Waals surface area contributed by atoms with E-state index in [0.717, 1.165) is 32.2 Å². The molecule has 2 heteroatoms. The molecule has 0 saturated heterocycles. The highest BCUT2D eigenvalue weighted by Gasteiger charge is 2.46. The van der Waals surface area contributed by atoms with E-state index >= 15 is 0 Å². The molecule has 2 unspecified atom stereocenters. The van der Waals surface area contributed by atoms with Crippen molar-refractivity contribution in [2.24, 2.45) is 0 Å². The summed E-state index contributed by atoms with van der Waals surface area (Å²) in [6.45, 7) is 4.78. The molecule has 0 aromatic carbocycles. The molecule has 0 aromatic rings. The van der Waals surface area contributed by atoms with Crippen molar-refractivity contribution in [1.82, 2.24) is 5.32 Å². The van der Waals surface area contributed by atoms with E-state index in [1.807, 2.05) is 6.92 Å². The number of hydrogen-bond acceptors (Lipinski definition) is 2. The van der Waals surface area contributed by atoms with Crippen LogP contribution >= 0.6 is 0 Å². The van der Waals surface area contributed by atoms with Gasteiger partial charge in [0, 0.05) is 18.5 Å². The topological polar surface area (TPSA) is 32.3 Å². The molecule has 0 aliphatic heterocycles. The van der Waals surface area contributed by atoms with E-state index in [1.165, 1.54) is 0 Å². The smallest absolute Gasteiger partial charge is 0.0797 e. The number of terminal acetylenes is 1. The van der Waals surface area contributed by atoms with Crippen molar-refractivity contribution in [2.45, 2.75) is 50.7 Å². The first-order valence-electron chi connectivity index (χ1n) is 4.93. The number of rotatable bonds is 3. The first kappa shape index (κ1) is 10.6. The average Bonchev–Trinajstić information content (AvgIpc) is 2.28. The predicted octanol–water partition coefficient (Wildman–Crippen LogP) is 1.29. The summed E-state index contributed by atoms with van der Waals surface area (Å²) >= 11 is 0. The Morgan fingerprint density at radius 2 is 2.15 bits per heavy atom. The van der Waals surface area contributed by atoms with E-state index in [-0.39, 0.29) is 5.54 Å². The van der Waals surface area contributed by atoms with Crippen molar-refractivity contribution >= 4 is 0 Å². The lowest BCUT2D eigenvalue weighted by molar-refractivity contribution is -0.00591. The number of hydrogen-bond donors (Lipinski definition) is 2. The minimum absolute atomic E-state index is 0.149. The van der Waals surface area contributed by atoms with Crippen LogP contribution in [0.2, 0.25) is 0 Å². The molecular weight excluding hydrogens is 162 g/mol. The van der Waals surface area contributed by atoms with Gasteiger partial charge in [-0.3, -0.25) is 0 Å². The molecule has 0 aromatic heterocycles. The molecule has 0 heterocycles. The lowest BCUT2D eigenvalue weighted by Gasteiger charge is -2.37. The van der Waals surface area contributed by atoms with E-state index in [1.54, 1.807) is 0 Å². The largest absolute Gasteiger partial charge is 0.388 e. The van der Waals surface area contributed by atoms with Crippen LogP contribution in [0.25, 0.3) is 0 Å². The molecule has 0 spiro atoms. The third-order valence-corrected chi connectivity index (χ3v) is 3.31. The molecule has 2 atom stereocenters. The minimum atomic E-state index is -0.582. The van der Waals surface area contributed by atoms with Crippen molar-refractivity contribution in [3.63, 3.8) is 0 Å². The molecule has 1 aliphatic carbocycles. The van der Waals surface area contributed by atoms with Gasteiger partial charge in [-0.05, 0) is 33.1 Å². The summed E-state index contributed by atoms with van der Waals surface area (Å²) < 4.78 is 0. The highest BCUT2D eigenvalue weighted by molar-refractivity contribution is 5.05. The van der Waals surface area contributed by atoms with Gasteiger partial charge < -0.3 is 10.4 Å². The number of nitrogens with one attached hydrogen (secondary N) is 1. The molecule has 0 bridgehead atoms. The highest BCUT2D eigenvalue weighted by atomic mass is 16.3. The fourth-order valence-electron chi connectivity index (χ4n) is 2.02. The lowest BCUT2D eigenvalue weighted by atomic mass is 9.86. The van der Waals surface area contributed by atoms with Crippen molar-refractivity contribution in [3.05, 3.63) is 0 Å². The van der Waals surface area contributed by atoms with Gasteiger partial charge >= 0.3 is 0 Å². The Morgan fingerprint density at radius 1 is 1.46 bits per heavy atom. The van der Waals surface area contributed by atoms with Gasteiger partial charge in [0.25, 0.3) is 0 Å². The van der Waals surface area contributed by atoms with E-state index in [2.05, 4.69) is 18.2 Å². The van der Waals surface area contributed by atoms with Crippen LogP contribution in [0, 0.1) is 12.3 Å². The molecule has 1 rings (SSSR count).